The van der Waals surface area contributed by atoms with Crippen molar-refractivity contribution in [2.75, 3.05) is 0 Å². The zero-order valence-corrected chi connectivity index (χ0v) is 11.0. The molecule has 1 aromatic carbocycles. The summed E-state index contributed by atoms with van der Waals surface area (Å²) in [6.07, 6.45) is 2.18. The summed E-state index contributed by atoms with van der Waals surface area (Å²) >= 11 is 1.76. The minimum atomic E-state index is 1.09. The topological polar surface area (TPSA) is 3.88 Å². The number of benzene rings is 1. The predicted octanol–water partition coefficient (Wildman–Crippen LogP) is 3.46. The number of thiazole rings is 1. The van der Waals surface area contributed by atoms with E-state index in [-0.39, 0.29) is 0 Å². The monoisotopic (exact) mass is 232 g/mol. The van der Waals surface area contributed by atoms with Crippen LogP contribution in [0.25, 0.3) is 5.69 Å². The highest BCUT2D eigenvalue weighted by molar-refractivity contribution is 7.07. The maximum Gasteiger partial charge on any atom is 0.230 e. The van der Waals surface area contributed by atoms with Gasteiger partial charge in [-0.05, 0) is 12.8 Å². The summed E-state index contributed by atoms with van der Waals surface area (Å²) < 4.78 is 2.32. The molecule has 1 aromatic heterocycles. The van der Waals surface area contributed by atoms with Crippen molar-refractivity contribution >= 4 is 11.3 Å². The Bertz CT molecular complexity index is 463. The van der Waals surface area contributed by atoms with Crippen LogP contribution in [0.2, 0.25) is 0 Å². The molecule has 0 N–H and O–H groups in total. The lowest BCUT2D eigenvalue weighted by atomic mass is 10.0. The van der Waals surface area contributed by atoms with Gasteiger partial charge in [-0.1, -0.05) is 43.4 Å². The van der Waals surface area contributed by atoms with E-state index in [4.69, 9.17) is 0 Å². The molecule has 84 valence electrons. The SMILES string of the molecule is CCc1cccc(CC)c1-[n+]1cscc1C. The highest BCUT2D eigenvalue weighted by Gasteiger charge is 2.18. The quantitative estimate of drug-likeness (QED) is 0.714. The van der Waals surface area contributed by atoms with Gasteiger partial charge in [-0.25, -0.2) is 0 Å². The Morgan fingerprint density at radius 2 is 1.75 bits per heavy atom. The molecule has 2 heteroatoms. The highest BCUT2D eigenvalue weighted by atomic mass is 32.1. The van der Waals surface area contributed by atoms with Gasteiger partial charge < -0.3 is 0 Å². The van der Waals surface area contributed by atoms with Crippen LogP contribution in [0.5, 0.6) is 0 Å². The summed E-state index contributed by atoms with van der Waals surface area (Å²) in [4.78, 5) is 0. The molecule has 0 aliphatic heterocycles. The van der Waals surface area contributed by atoms with E-state index >= 15 is 0 Å². The molecule has 0 unspecified atom stereocenters. The molecule has 0 spiro atoms. The fourth-order valence-electron chi connectivity index (χ4n) is 2.08. The Hall–Kier alpha value is -1.15. The van der Waals surface area contributed by atoms with Gasteiger partial charge in [0.1, 0.15) is 0 Å². The summed E-state index contributed by atoms with van der Waals surface area (Å²) in [6.45, 7) is 6.61. The van der Waals surface area contributed by atoms with Gasteiger partial charge in [0.15, 0.2) is 5.69 Å². The van der Waals surface area contributed by atoms with Crippen LogP contribution in [-0.2, 0) is 12.8 Å². The van der Waals surface area contributed by atoms with Crippen LogP contribution in [0.3, 0.4) is 0 Å². The standard InChI is InChI=1S/C14H18NS/c1-4-12-7-6-8-13(5-2)14(12)15-10-16-9-11(15)3/h6-10H,4-5H2,1-3H3/q+1. The number of aryl methyl sites for hydroxylation is 3. The third-order valence-electron chi connectivity index (χ3n) is 2.99. The van der Waals surface area contributed by atoms with E-state index in [1.807, 2.05) is 0 Å². The Kier molecular flexibility index (Phi) is 3.39. The lowest BCUT2D eigenvalue weighted by Crippen LogP contribution is -2.33. The molecular weight excluding hydrogens is 214 g/mol. The van der Waals surface area contributed by atoms with Crippen LogP contribution in [0, 0.1) is 6.92 Å². The minimum Gasteiger partial charge on any atom is -0.154 e. The predicted molar refractivity (Wildman–Crippen MR) is 69.3 cm³/mol. The third-order valence-corrected chi connectivity index (χ3v) is 3.80. The highest BCUT2D eigenvalue weighted by Crippen LogP contribution is 2.18. The summed E-state index contributed by atoms with van der Waals surface area (Å²) in [6, 6.07) is 6.64. The number of aromatic nitrogens is 1. The zero-order valence-electron chi connectivity index (χ0n) is 10.2. The van der Waals surface area contributed by atoms with Crippen LogP contribution in [0.1, 0.15) is 30.7 Å². The van der Waals surface area contributed by atoms with Gasteiger partial charge in [-0.3, -0.25) is 0 Å². The summed E-state index contributed by atoms with van der Waals surface area (Å²) in [5, 5.41) is 2.20. The van der Waals surface area contributed by atoms with E-state index < -0.39 is 0 Å². The molecule has 0 fully saturated rings. The average molecular weight is 232 g/mol. The largest absolute Gasteiger partial charge is 0.230 e. The molecule has 0 amide bonds. The van der Waals surface area contributed by atoms with Gasteiger partial charge in [0.25, 0.3) is 0 Å². The first kappa shape index (κ1) is 11.3. The van der Waals surface area contributed by atoms with Crippen molar-refractivity contribution in [2.24, 2.45) is 0 Å². The summed E-state index contributed by atoms with van der Waals surface area (Å²) in [5.41, 5.74) is 7.78. The van der Waals surface area contributed by atoms with Crippen molar-refractivity contribution in [2.45, 2.75) is 33.6 Å². The van der Waals surface area contributed by atoms with E-state index in [0.717, 1.165) is 12.8 Å². The van der Waals surface area contributed by atoms with Gasteiger partial charge in [-0.2, -0.15) is 4.57 Å². The van der Waals surface area contributed by atoms with Gasteiger partial charge in [-0.15, -0.1) is 0 Å². The minimum absolute atomic E-state index is 1.09. The van der Waals surface area contributed by atoms with Crippen LogP contribution in [-0.4, -0.2) is 0 Å². The van der Waals surface area contributed by atoms with Crippen molar-refractivity contribution < 1.29 is 4.57 Å². The molecule has 0 saturated heterocycles. The van der Waals surface area contributed by atoms with Crippen LogP contribution in [0.4, 0.5) is 0 Å². The normalized spacial score (nSPS) is 10.7. The second-order valence-corrected chi connectivity index (χ2v) is 4.72. The molecular formula is C14H18NS+. The Morgan fingerprint density at radius 1 is 1.12 bits per heavy atom. The number of hydrogen-bond acceptors (Lipinski definition) is 1. The van der Waals surface area contributed by atoms with Crippen molar-refractivity contribution in [3.63, 3.8) is 0 Å². The van der Waals surface area contributed by atoms with E-state index in [9.17, 15) is 0 Å². The first-order chi connectivity index (χ1) is 7.77. The van der Waals surface area contributed by atoms with Crippen molar-refractivity contribution in [1.82, 2.24) is 0 Å². The van der Waals surface area contributed by atoms with E-state index in [0.29, 0.717) is 0 Å². The third kappa shape index (κ3) is 1.90. The zero-order chi connectivity index (χ0) is 11.5. The first-order valence-corrected chi connectivity index (χ1v) is 6.77. The van der Waals surface area contributed by atoms with Gasteiger partial charge in [0.05, 0.1) is 5.38 Å². The van der Waals surface area contributed by atoms with Gasteiger partial charge in [0.2, 0.25) is 11.2 Å². The van der Waals surface area contributed by atoms with E-state index in [2.05, 4.69) is 54.4 Å². The maximum atomic E-state index is 2.32. The average Bonchev–Trinajstić information content (AvgIpc) is 2.74. The number of hydrogen-bond donors (Lipinski definition) is 0. The second kappa shape index (κ2) is 4.79. The fourth-order valence-corrected chi connectivity index (χ4v) is 2.85. The molecule has 1 nitrogen and oxygen atoms in total. The Balaban J connectivity index is 2.66. The van der Waals surface area contributed by atoms with Gasteiger partial charge in [0, 0.05) is 18.1 Å². The molecule has 0 aliphatic carbocycles. The molecule has 2 aromatic rings. The van der Waals surface area contributed by atoms with E-state index in [1.54, 1.807) is 11.3 Å². The van der Waals surface area contributed by atoms with Crippen molar-refractivity contribution in [3.05, 3.63) is 45.9 Å². The molecule has 2 rings (SSSR count). The lowest BCUT2D eigenvalue weighted by molar-refractivity contribution is -0.598. The molecule has 0 bridgehead atoms. The Morgan fingerprint density at radius 3 is 2.19 bits per heavy atom. The number of para-hydroxylation sites is 1. The molecule has 0 saturated carbocycles. The van der Waals surface area contributed by atoms with Crippen LogP contribution >= 0.6 is 11.3 Å². The summed E-state index contributed by atoms with van der Waals surface area (Å²) in [7, 11) is 0. The molecule has 0 aliphatic rings. The van der Waals surface area contributed by atoms with Crippen molar-refractivity contribution in [3.8, 4) is 5.69 Å². The Labute approximate surface area is 101 Å². The van der Waals surface area contributed by atoms with Gasteiger partial charge >= 0.3 is 0 Å². The molecule has 0 atom stereocenters. The smallest absolute Gasteiger partial charge is 0.154 e. The number of nitrogens with zero attached hydrogens (tertiary/aromatic N) is 1. The van der Waals surface area contributed by atoms with Crippen LogP contribution in [0.15, 0.2) is 29.1 Å². The summed E-state index contributed by atoms with van der Waals surface area (Å²) in [5.74, 6) is 0. The molecule has 1 heterocycles. The fraction of sp³-hybridized carbons (Fsp3) is 0.357. The molecule has 16 heavy (non-hydrogen) atoms. The van der Waals surface area contributed by atoms with Crippen LogP contribution < -0.4 is 4.57 Å². The maximum absolute atomic E-state index is 2.32. The van der Waals surface area contributed by atoms with E-state index in [1.165, 1.54) is 22.5 Å². The second-order valence-electron chi connectivity index (χ2n) is 4.00. The van der Waals surface area contributed by atoms with Crippen molar-refractivity contribution in [1.29, 1.82) is 0 Å². The number of rotatable bonds is 3. The first-order valence-electron chi connectivity index (χ1n) is 5.83. The lowest BCUT2D eigenvalue weighted by Gasteiger charge is -2.06. The molecule has 0 radical (unpaired) electrons.